The van der Waals surface area contributed by atoms with Gasteiger partial charge in [0.05, 0.1) is 6.20 Å². The highest BCUT2D eigenvalue weighted by Gasteiger charge is 2.34. The molecule has 1 aliphatic carbocycles. The van der Waals surface area contributed by atoms with E-state index in [9.17, 15) is 9.59 Å². The predicted octanol–water partition coefficient (Wildman–Crippen LogP) is -0.600. The molecule has 2 amide bonds. The molecule has 1 saturated carbocycles. The average molecular weight is 209 g/mol. The molecule has 80 valence electrons. The summed E-state index contributed by atoms with van der Waals surface area (Å²) in [5.41, 5.74) is 10.1. The molecule has 0 spiro atoms. The molecule has 0 radical (unpaired) electrons. The summed E-state index contributed by atoms with van der Waals surface area (Å²) in [5.74, 6) is 0.157. The number of hydrogen-bond acceptors (Lipinski definition) is 4. The van der Waals surface area contributed by atoms with Gasteiger partial charge < -0.3 is 11.5 Å². The van der Waals surface area contributed by atoms with E-state index in [0.29, 0.717) is 0 Å². The van der Waals surface area contributed by atoms with Gasteiger partial charge in [-0.3, -0.25) is 14.7 Å². The van der Waals surface area contributed by atoms with E-state index in [2.05, 4.69) is 9.97 Å². The second-order valence-corrected chi connectivity index (χ2v) is 3.43. The molecule has 1 aromatic rings. The summed E-state index contributed by atoms with van der Waals surface area (Å²) in [6, 6.07) is -0.570. The fraction of sp³-hybridized carbons (Fsp3) is 0.375. The lowest BCUT2D eigenvalue weighted by Gasteiger charge is -2.17. The van der Waals surface area contributed by atoms with Crippen LogP contribution in [0.2, 0.25) is 0 Å². The maximum atomic E-state index is 11.2. The van der Waals surface area contributed by atoms with Crippen molar-refractivity contribution in [2.24, 2.45) is 5.73 Å². The number of H-pyrrole nitrogens is 1. The van der Waals surface area contributed by atoms with E-state index in [-0.39, 0.29) is 17.7 Å². The fourth-order valence-corrected chi connectivity index (χ4v) is 1.31. The number of amides is 2. The number of carbonyl (C=O) groups is 1. The number of hydrogen-bond donors (Lipinski definition) is 3. The third kappa shape index (κ3) is 1.76. The number of rotatable bonds is 2. The van der Waals surface area contributed by atoms with Crippen LogP contribution < -0.4 is 21.9 Å². The number of urea groups is 1. The smallest absolute Gasteiger partial charge is 0.321 e. The van der Waals surface area contributed by atoms with Crippen LogP contribution in [0.25, 0.3) is 0 Å². The number of nitrogens with two attached hydrogens (primary N) is 2. The van der Waals surface area contributed by atoms with Crippen molar-refractivity contribution >= 4 is 17.7 Å². The van der Waals surface area contributed by atoms with Crippen LogP contribution in [0.4, 0.5) is 16.4 Å². The van der Waals surface area contributed by atoms with E-state index in [0.717, 1.165) is 12.8 Å². The highest BCUT2D eigenvalue weighted by atomic mass is 16.2. The van der Waals surface area contributed by atoms with Crippen LogP contribution in [0, 0.1) is 0 Å². The Morgan fingerprint density at radius 2 is 2.27 bits per heavy atom. The molecule has 0 atom stereocenters. The number of aromatic nitrogens is 2. The molecular formula is C8H11N5O2. The van der Waals surface area contributed by atoms with E-state index in [1.165, 1.54) is 11.1 Å². The van der Waals surface area contributed by atoms with Crippen molar-refractivity contribution < 1.29 is 4.79 Å². The van der Waals surface area contributed by atoms with E-state index in [1.807, 2.05) is 0 Å². The summed E-state index contributed by atoms with van der Waals surface area (Å²) in [4.78, 5) is 29.9. The molecule has 0 bridgehead atoms. The van der Waals surface area contributed by atoms with Gasteiger partial charge in [0.2, 0.25) is 5.95 Å². The first-order chi connectivity index (χ1) is 7.09. The zero-order valence-corrected chi connectivity index (χ0v) is 7.93. The molecule has 1 fully saturated rings. The van der Waals surface area contributed by atoms with Gasteiger partial charge in [-0.05, 0) is 12.8 Å². The Labute approximate surface area is 85.1 Å². The highest BCUT2D eigenvalue weighted by Crippen LogP contribution is 2.28. The molecule has 7 heteroatoms. The summed E-state index contributed by atoms with van der Waals surface area (Å²) in [6.45, 7) is 0. The molecule has 7 nitrogen and oxygen atoms in total. The minimum atomic E-state index is -0.620. The lowest BCUT2D eigenvalue weighted by molar-refractivity contribution is 0.253. The maximum Gasteiger partial charge on any atom is 0.321 e. The Morgan fingerprint density at radius 3 is 2.73 bits per heavy atom. The van der Waals surface area contributed by atoms with Crippen LogP contribution >= 0.6 is 0 Å². The summed E-state index contributed by atoms with van der Waals surface area (Å²) >= 11 is 0. The van der Waals surface area contributed by atoms with Gasteiger partial charge in [0.15, 0.2) is 0 Å². The highest BCUT2D eigenvalue weighted by molar-refractivity contribution is 5.89. The number of nitrogens with one attached hydrogen (secondary N) is 1. The third-order valence-electron chi connectivity index (χ3n) is 2.19. The zero-order chi connectivity index (χ0) is 11.0. The van der Waals surface area contributed by atoms with Crippen molar-refractivity contribution in [2.45, 2.75) is 18.9 Å². The third-order valence-corrected chi connectivity index (χ3v) is 2.19. The van der Waals surface area contributed by atoms with E-state index in [4.69, 9.17) is 11.5 Å². The minimum Gasteiger partial charge on any atom is -0.393 e. The van der Waals surface area contributed by atoms with Gasteiger partial charge in [-0.15, -0.1) is 0 Å². The van der Waals surface area contributed by atoms with Gasteiger partial charge in [-0.1, -0.05) is 0 Å². The van der Waals surface area contributed by atoms with Crippen molar-refractivity contribution in [2.75, 3.05) is 10.6 Å². The van der Waals surface area contributed by atoms with Crippen molar-refractivity contribution in [1.29, 1.82) is 0 Å². The van der Waals surface area contributed by atoms with Crippen LogP contribution in [0.1, 0.15) is 12.8 Å². The Hall–Kier alpha value is -2.05. The Morgan fingerprint density at radius 1 is 1.60 bits per heavy atom. The second kappa shape index (κ2) is 3.26. The molecular weight excluding hydrogens is 198 g/mol. The number of primary amides is 1. The number of carbonyl (C=O) groups excluding carboxylic acids is 1. The SMILES string of the molecule is NC(=O)N(c1ncc(N)c(=O)[nH]1)C1CC1. The molecule has 2 rings (SSSR count). The van der Waals surface area contributed by atoms with E-state index >= 15 is 0 Å². The lowest BCUT2D eigenvalue weighted by Crippen LogP contribution is -2.39. The van der Waals surface area contributed by atoms with Crippen LogP contribution in [-0.2, 0) is 0 Å². The van der Waals surface area contributed by atoms with Crippen molar-refractivity contribution in [3.8, 4) is 0 Å². The monoisotopic (exact) mass is 209 g/mol. The van der Waals surface area contributed by atoms with Crippen LogP contribution in [0.3, 0.4) is 0 Å². The van der Waals surface area contributed by atoms with Crippen molar-refractivity contribution in [1.82, 2.24) is 9.97 Å². The molecule has 1 aliphatic rings. The van der Waals surface area contributed by atoms with Crippen molar-refractivity contribution in [3.05, 3.63) is 16.6 Å². The molecule has 0 saturated heterocycles. The van der Waals surface area contributed by atoms with Gasteiger partial charge >= 0.3 is 6.03 Å². The van der Waals surface area contributed by atoms with Crippen LogP contribution in [0.5, 0.6) is 0 Å². The summed E-state index contributed by atoms with van der Waals surface area (Å²) in [7, 11) is 0. The van der Waals surface area contributed by atoms with Gasteiger partial charge in [-0.2, -0.15) is 0 Å². The fourth-order valence-electron chi connectivity index (χ4n) is 1.31. The first-order valence-corrected chi connectivity index (χ1v) is 4.53. The number of aromatic amines is 1. The summed E-state index contributed by atoms with van der Waals surface area (Å²) in [5, 5.41) is 0. The quantitative estimate of drug-likeness (QED) is 0.602. The molecule has 0 unspecified atom stereocenters. The topological polar surface area (TPSA) is 118 Å². The molecule has 1 aromatic heterocycles. The lowest BCUT2D eigenvalue weighted by atomic mass is 10.5. The first-order valence-electron chi connectivity index (χ1n) is 4.53. The number of nitrogens with zero attached hydrogens (tertiary/aromatic N) is 2. The Bertz CT molecular complexity index is 451. The molecule has 1 heterocycles. The van der Waals surface area contributed by atoms with Crippen LogP contribution in [0.15, 0.2) is 11.0 Å². The Kier molecular flexibility index (Phi) is 2.07. The Balaban J connectivity index is 2.37. The predicted molar refractivity (Wildman–Crippen MR) is 54.4 cm³/mol. The maximum absolute atomic E-state index is 11.2. The van der Waals surface area contributed by atoms with Gasteiger partial charge in [-0.25, -0.2) is 9.78 Å². The largest absolute Gasteiger partial charge is 0.393 e. The molecule has 5 N–H and O–H groups in total. The van der Waals surface area contributed by atoms with E-state index < -0.39 is 11.6 Å². The molecule has 0 aliphatic heterocycles. The summed E-state index contributed by atoms with van der Waals surface area (Å²) < 4.78 is 0. The van der Waals surface area contributed by atoms with Crippen molar-refractivity contribution in [3.63, 3.8) is 0 Å². The standard InChI is InChI=1S/C8H11N5O2/c9-5-3-11-8(12-6(5)14)13(7(10)15)4-1-2-4/h3-4H,1-2,9H2,(H2,10,15)(H,11,12,14). The minimum absolute atomic E-state index is 0.0129. The van der Waals surface area contributed by atoms with Gasteiger partial charge in [0.1, 0.15) is 5.69 Å². The van der Waals surface area contributed by atoms with Gasteiger partial charge in [0.25, 0.3) is 5.56 Å². The molecule has 0 aromatic carbocycles. The molecule has 15 heavy (non-hydrogen) atoms. The normalized spacial score (nSPS) is 14.9. The zero-order valence-electron chi connectivity index (χ0n) is 7.93. The first kappa shape index (κ1) is 9.50. The number of nitrogen functional groups attached to an aromatic ring is 1. The number of anilines is 2. The van der Waals surface area contributed by atoms with E-state index in [1.54, 1.807) is 0 Å². The van der Waals surface area contributed by atoms with Gasteiger partial charge in [0, 0.05) is 6.04 Å². The second-order valence-electron chi connectivity index (χ2n) is 3.43. The summed E-state index contributed by atoms with van der Waals surface area (Å²) in [6.07, 6.45) is 2.96. The van der Waals surface area contributed by atoms with Crippen LogP contribution in [-0.4, -0.2) is 22.0 Å². The average Bonchev–Trinajstić information content (AvgIpc) is 2.95.